The van der Waals surface area contributed by atoms with Gasteiger partial charge in [0.1, 0.15) is 11.6 Å². The summed E-state index contributed by atoms with van der Waals surface area (Å²) in [5, 5.41) is 3.01. The number of anilines is 1. The van der Waals surface area contributed by atoms with E-state index in [0.717, 1.165) is 15.7 Å². The summed E-state index contributed by atoms with van der Waals surface area (Å²) in [5.41, 5.74) is 1.97. The average molecular weight is 312 g/mol. The molecule has 0 aliphatic heterocycles. The molecule has 0 amide bonds. The van der Waals surface area contributed by atoms with Crippen LogP contribution in [-0.4, -0.2) is 0 Å². The number of hydrogen-bond acceptors (Lipinski definition) is 1. The van der Waals surface area contributed by atoms with E-state index in [-0.39, 0.29) is 12.1 Å². The van der Waals surface area contributed by atoms with Gasteiger partial charge in [-0.05, 0) is 52.7 Å². The lowest BCUT2D eigenvalue weighted by Gasteiger charge is -2.10. The van der Waals surface area contributed by atoms with Gasteiger partial charge in [-0.2, -0.15) is 0 Å². The van der Waals surface area contributed by atoms with Crippen LogP contribution in [0.25, 0.3) is 0 Å². The molecule has 0 radical (unpaired) electrons. The monoisotopic (exact) mass is 311 g/mol. The van der Waals surface area contributed by atoms with Gasteiger partial charge in [-0.1, -0.05) is 12.1 Å². The van der Waals surface area contributed by atoms with E-state index in [1.165, 1.54) is 18.2 Å². The standard InChI is InChI=1S/C14H12BrF2N/c1-9-5-6-14(11(15)7-9)18-8-10-12(16)3-2-4-13(10)17/h2-7,18H,8H2,1H3. The third-order valence-electron chi connectivity index (χ3n) is 2.64. The first-order chi connectivity index (χ1) is 8.58. The summed E-state index contributed by atoms with van der Waals surface area (Å²) < 4.78 is 27.7. The van der Waals surface area contributed by atoms with E-state index >= 15 is 0 Å². The number of halogens is 3. The van der Waals surface area contributed by atoms with Crippen molar-refractivity contribution >= 4 is 21.6 Å². The van der Waals surface area contributed by atoms with E-state index in [9.17, 15) is 8.78 Å². The van der Waals surface area contributed by atoms with Gasteiger partial charge in [-0.25, -0.2) is 8.78 Å². The van der Waals surface area contributed by atoms with Crippen molar-refractivity contribution in [1.29, 1.82) is 0 Å². The smallest absolute Gasteiger partial charge is 0.131 e. The van der Waals surface area contributed by atoms with Crippen LogP contribution in [-0.2, 0) is 6.54 Å². The number of nitrogens with one attached hydrogen (secondary N) is 1. The number of benzene rings is 2. The number of hydrogen-bond donors (Lipinski definition) is 1. The second-order valence-corrected chi connectivity index (χ2v) is 4.89. The maximum absolute atomic E-state index is 13.4. The first kappa shape index (κ1) is 13.0. The van der Waals surface area contributed by atoms with Crippen molar-refractivity contribution in [1.82, 2.24) is 0 Å². The SMILES string of the molecule is Cc1ccc(NCc2c(F)cccc2F)c(Br)c1. The Balaban J connectivity index is 2.16. The summed E-state index contributed by atoms with van der Waals surface area (Å²) in [7, 11) is 0. The van der Waals surface area contributed by atoms with E-state index < -0.39 is 11.6 Å². The molecule has 0 bridgehead atoms. The van der Waals surface area contributed by atoms with Crippen LogP contribution in [0.4, 0.5) is 14.5 Å². The highest BCUT2D eigenvalue weighted by Gasteiger charge is 2.08. The fraction of sp³-hybridized carbons (Fsp3) is 0.143. The number of rotatable bonds is 3. The molecular weight excluding hydrogens is 300 g/mol. The Labute approximate surface area is 113 Å². The van der Waals surface area contributed by atoms with Gasteiger partial charge in [0.05, 0.1) is 0 Å². The van der Waals surface area contributed by atoms with Gasteiger partial charge in [0.25, 0.3) is 0 Å². The molecule has 2 rings (SSSR count). The molecule has 1 N–H and O–H groups in total. The van der Waals surface area contributed by atoms with Gasteiger partial charge in [-0.15, -0.1) is 0 Å². The molecule has 4 heteroatoms. The maximum Gasteiger partial charge on any atom is 0.131 e. The van der Waals surface area contributed by atoms with Gasteiger partial charge < -0.3 is 5.32 Å². The highest BCUT2D eigenvalue weighted by Crippen LogP contribution is 2.24. The zero-order valence-electron chi connectivity index (χ0n) is 9.81. The van der Waals surface area contributed by atoms with Crippen molar-refractivity contribution in [3.8, 4) is 0 Å². The molecule has 18 heavy (non-hydrogen) atoms. The Morgan fingerprint density at radius 1 is 1.11 bits per heavy atom. The van der Waals surface area contributed by atoms with E-state index in [2.05, 4.69) is 21.2 Å². The predicted octanol–water partition coefficient (Wildman–Crippen LogP) is 4.65. The summed E-state index contributed by atoms with van der Waals surface area (Å²) in [4.78, 5) is 0. The van der Waals surface area contributed by atoms with Crippen molar-refractivity contribution < 1.29 is 8.78 Å². The Kier molecular flexibility index (Phi) is 3.97. The van der Waals surface area contributed by atoms with Crippen LogP contribution in [0.5, 0.6) is 0 Å². The minimum Gasteiger partial charge on any atom is -0.380 e. The van der Waals surface area contributed by atoms with Crippen molar-refractivity contribution in [2.45, 2.75) is 13.5 Å². The molecule has 0 unspecified atom stereocenters. The third kappa shape index (κ3) is 2.88. The summed E-state index contributed by atoms with van der Waals surface area (Å²) in [6.07, 6.45) is 0. The fourth-order valence-corrected chi connectivity index (χ4v) is 2.28. The number of aryl methyl sites for hydroxylation is 1. The lowest BCUT2D eigenvalue weighted by atomic mass is 10.2. The van der Waals surface area contributed by atoms with Gasteiger partial charge in [0.2, 0.25) is 0 Å². The Bertz CT molecular complexity index is 549. The van der Waals surface area contributed by atoms with Crippen LogP contribution in [0.2, 0.25) is 0 Å². The van der Waals surface area contributed by atoms with Crippen LogP contribution in [0.1, 0.15) is 11.1 Å². The molecule has 0 spiro atoms. The molecule has 94 valence electrons. The molecule has 2 aromatic carbocycles. The second-order valence-electron chi connectivity index (χ2n) is 4.04. The molecule has 0 aliphatic rings. The van der Waals surface area contributed by atoms with Crippen LogP contribution in [0, 0.1) is 18.6 Å². The van der Waals surface area contributed by atoms with Gasteiger partial charge in [0.15, 0.2) is 0 Å². The molecular formula is C14H12BrF2N. The summed E-state index contributed by atoms with van der Waals surface area (Å²) >= 11 is 3.41. The Morgan fingerprint density at radius 2 is 1.78 bits per heavy atom. The van der Waals surface area contributed by atoms with E-state index in [4.69, 9.17) is 0 Å². The predicted molar refractivity (Wildman–Crippen MR) is 72.6 cm³/mol. The largest absolute Gasteiger partial charge is 0.380 e. The molecule has 0 aliphatic carbocycles. The zero-order chi connectivity index (χ0) is 13.1. The minimum absolute atomic E-state index is 0.0463. The van der Waals surface area contributed by atoms with Crippen molar-refractivity contribution in [2.24, 2.45) is 0 Å². The van der Waals surface area contributed by atoms with E-state index in [0.29, 0.717) is 0 Å². The van der Waals surface area contributed by atoms with Crippen LogP contribution in [0.3, 0.4) is 0 Å². The van der Waals surface area contributed by atoms with Gasteiger partial charge >= 0.3 is 0 Å². The summed E-state index contributed by atoms with van der Waals surface area (Å²) in [6.45, 7) is 2.09. The topological polar surface area (TPSA) is 12.0 Å². The van der Waals surface area contributed by atoms with Crippen LogP contribution in [0.15, 0.2) is 40.9 Å². The van der Waals surface area contributed by atoms with Crippen molar-refractivity contribution in [3.05, 3.63) is 63.6 Å². The minimum atomic E-state index is -0.536. The first-order valence-electron chi connectivity index (χ1n) is 5.51. The van der Waals surface area contributed by atoms with Crippen molar-refractivity contribution in [3.63, 3.8) is 0 Å². The normalized spacial score (nSPS) is 10.4. The lowest BCUT2D eigenvalue weighted by Crippen LogP contribution is -2.05. The molecule has 0 fully saturated rings. The van der Waals surface area contributed by atoms with Gasteiger partial charge in [0, 0.05) is 22.3 Å². The Morgan fingerprint density at radius 3 is 2.39 bits per heavy atom. The molecule has 0 atom stereocenters. The van der Waals surface area contributed by atoms with Crippen molar-refractivity contribution in [2.75, 3.05) is 5.32 Å². The second kappa shape index (κ2) is 5.48. The molecule has 0 heterocycles. The van der Waals surface area contributed by atoms with E-state index in [1.54, 1.807) is 0 Å². The average Bonchev–Trinajstić information content (AvgIpc) is 2.31. The quantitative estimate of drug-likeness (QED) is 0.870. The van der Waals surface area contributed by atoms with Gasteiger partial charge in [-0.3, -0.25) is 0 Å². The third-order valence-corrected chi connectivity index (χ3v) is 3.30. The van der Waals surface area contributed by atoms with E-state index in [1.807, 2.05) is 25.1 Å². The zero-order valence-corrected chi connectivity index (χ0v) is 11.4. The highest BCUT2D eigenvalue weighted by atomic mass is 79.9. The molecule has 1 nitrogen and oxygen atoms in total. The summed E-state index contributed by atoms with van der Waals surface area (Å²) in [5.74, 6) is -1.07. The molecule has 0 saturated carbocycles. The Hall–Kier alpha value is -1.42. The van der Waals surface area contributed by atoms with Crippen LogP contribution < -0.4 is 5.32 Å². The first-order valence-corrected chi connectivity index (χ1v) is 6.30. The molecule has 0 aromatic heterocycles. The molecule has 0 saturated heterocycles. The summed E-state index contributed by atoms with van der Waals surface area (Å²) in [6, 6.07) is 9.62. The maximum atomic E-state index is 13.4. The van der Waals surface area contributed by atoms with Crippen LogP contribution >= 0.6 is 15.9 Å². The highest BCUT2D eigenvalue weighted by molar-refractivity contribution is 9.10. The molecule has 2 aromatic rings. The fourth-order valence-electron chi connectivity index (χ4n) is 1.65. The lowest BCUT2D eigenvalue weighted by molar-refractivity contribution is 0.560.